The van der Waals surface area contributed by atoms with Crippen LogP contribution >= 0.6 is 0 Å². The molecule has 0 bridgehead atoms. The monoisotopic (exact) mass is 453 g/mol. The molecule has 1 aromatic rings. The molecule has 3 fully saturated rings. The molecule has 4 rings (SSSR count). The van der Waals surface area contributed by atoms with Crippen molar-refractivity contribution in [1.82, 2.24) is 4.98 Å². The van der Waals surface area contributed by atoms with Crippen LogP contribution in [0.2, 0.25) is 0 Å². The van der Waals surface area contributed by atoms with E-state index < -0.39 is 0 Å². The molecule has 0 saturated heterocycles. The molecule has 182 valence electrons. The van der Waals surface area contributed by atoms with E-state index in [4.69, 9.17) is 10.2 Å². The largest absolute Gasteiger partial charge is 0.444 e. The second-order valence-electron chi connectivity index (χ2n) is 11.3. The van der Waals surface area contributed by atoms with Crippen LogP contribution in [0.25, 0.3) is 5.57 Å². The lowest BCUT2D eigenvalue weighted by atomic mass is 9.50. The Morgan fingerprint density at radius 2 is 2.12 bits per heavy atom. The molecule has 0 amide bonds. The summed E-state index contributed by atoms with van der Waals surface area (Å²) >= 11 is 0. The number of fused-ring (bicyclic) bond motifs is 3. The van der Waals surface area contributed by atoms with Crippen LogP contribution in [0.4, 0.5) is 0 Å². The summed E-state index contributed by atoms with van der Waals surface area (Å²) < 4.78 is 5.30. The third-order valence-electron chi connectivity index (χ3n) is 9.69. The van der Waals surface area contributed by atoms with Crippen molar-refractivity contribution in [2.24, 2.45) is 57.6 Å². The minimum Gasteiger partial charge on any atom is -0.444 e. The Morgan fingerprint density at radius 3 is 2.79 bits per heavy atom. The van der Waals surface area contributed by atoms with Crippen LogP contribution in [0.15, 0.2) is 28.1 Å². The van der Waals surface area contributed by atoms with E-state index >= 15 is 0 Å². The van der Waals surface area contributed by atoms with E-state index in [1.165, 1.54) is 63.8 Å². The van der Waals surface area contributed by atoms with Gasteiger partial charge in [0, 0.05) is 18.3 Å². The van der Waals surface area contributed by atoms with Gasteiger partial charge in [0.15, 0.2) is 5.78 Å². The number of oxazole rings is 1. The molecule has 33 heavy (non-hydrogen) atoms. The van der Waals surface area contributed by atoms with Gasteiger partial charge in [-0.15, -0.1) is 0 Å². The summed E-state index contributed by atoms with van der Waals surface area (Å²) in [6.45, 7) is 9.69. The number of Topliss-reactive ketones (excluding diaryl/α,β-unsaturated/α-hetero) is 1. The average molecular weight is 454 g/mol. The van der Waals surface area contributed by atoms with Gasteiger partial charge >= 0.3 is 0 Å². The molecule has 8 unspecified atom stereocenters. The lowest BCUT2D eigenvalue weighted by molar-refractivity contribution is -0.129. The first-order valence-electron chi connectivity index (χ1n) is 13.3. The third kappa shape index (κ3) is 4.44. The maximum atomic E-state index is 13.5. The maximum Gasteiger partial charge on any atom is 0.228 e. The van der Waals surface area contributed by atoms with Crippen molar-refractivity contribution in [2.45, 2.75) is 79.1 Å². The zero-order valence-corrected chi connectivity index (χ0v) is 21.0. The molecule has 0 radical (unpaired) electrons. The van der Waals surface area contributed by atoms with E-state index in [0.717, 1.165) is 23.7 Å². The molecule has 3 aliphatic rings. The number of ketones is 1. The van der Waals surface area contributed by atoms with E-state index in [-0.39, 0.29) is 17.9 Å². The van der Waals surface area contributed by atoms with Gasteiger partial charge in [0.1, 0.15) is 6.26 Å². The molecule has 1 aromatic heterocycles. The van der Waals surface area contributed by atoms with Gasteiger partial charge in [-0.3, -0.25) is 9.79 Å². The zero-order chi connectivity index (χ0) is 23.6. The first-order valence-corrected chi connectivity index (χ1v) is 13.3. The topological polar surface area (TPSA) is 81.5 Å². The van der Waals surface area contributed by atoms with Gasteiger partial charge in [-0.2, -0.15) is 0 Å². The second kappa shape index (κ2) is 10.1. The standard InChI is InChI=1S/C28H43N3O2/c1-5-7-21-19(6-2)8-9-23-22(21)10-11-28(4)24(23)14-18(3)26(28)25(32)17-30-16-20(15-29)27-31-12-13-33-27/h12-13,15-16,18-19,21-24,26H,5-11,14,17,29H2,1-4H3. The van der Waals surface area contributed by atoms with Crippen molar-refractivity contribution in [3.63, 3.8) is 0 Å². The van der Waals surface area contributed by atoms with Crippen molar-refractivity contribution < 1.29 is 9.21 Å². The Labute approximate surface area is 199 Å². The predicted molar refractivity (Wildman–Crippen MR) is 134 cm³/mol. The van der Waals surface area contributed by atoms with Crippen LogP contribution in [0.1, 0.15) is 85.0 Å². The number of nitrogens with zero attached hydrogens (tertiary/aromatic N) is 2. The number of hydrogen-bond donors (Lipinski definition) is 1. The van der Waals surface area contributed by atoms with Crippen molar-refractivity contribution in [3.05, 3.63) is 24.6 Å². The van der Waals surface area contributed by atoms with Gasteiger partial charge in [0.25, 0.3) is 0 Å². The maximum absolute atomic E-state index is 13.5. The summed E-state index contributed by atoms with van der Waals surface area (Å²) in [6, 6.07) is 0. The van der Waals surface area contributed by atoms with Gasteiger partial charge in [-0.05, 0) is 73.0 Å². The predicted octanol–water partition coefficient (Wildman–Crippen LogP) is 6.16. The van der Waals surface area contributed by atoms with Crippen LogP contribution in [0.3, 0.4) is 0 Å². The van der Waals surface area contributed by atoms with Crippen LogP contribution < -0.4 is 5.73 Å². The summed E-state index contributed by atoms with van der Waals surface area (Å²) in [4.78, 5) is 22.1. The first kappa shape index (κ1) is 24.2. The Hall–Kier alpha value is -1.91. The fourth-order valence-corrected chi connectivity index (χ4v) is 8.44. The highest BCUT2D eigenvalue weighted by Gasteiger charge is 2.59. The zero-order valence-electron chi connectivity index (χ0n) is 21.0. The van der Waals surface area contributed by atoms with Crippen LogP contribution in [0, 0.1) is 46.8 Å². The summed E-state index contributed by atoms with van der Waals surface area (Å²) in [6.07, 6.45) is 16.6. The van der Waals surface area contributed by atoms with Gasteiger partial charge in [0.2, 0.25) is 5.89 Å². The number of allylic oxidation sites excluding steroid dienone is 1. The Bertz CT molecular complexity index is 861. The van der Waals surface area contributed by atoms with Crippen LogP contribution in [-0.4, -0.2) is 23.5 Å². The minimum atomic E-state index is 0.112. The molecule has 0 aliphatic heterocycles. The quantitative estimate of drug-likeness (QED) is 0.478. The minimum absolute atomic E-state index is 0.112. The lowest BCUT2D eigenvalue weighted by Gasteiger charge is -2.54. The van der Waals surface area contributed by atoms with E-state index in [0.29, 0.717) is 29.1 Å². The molecule has 3 aliphatic carbocycles. The van der Waals surface area contributed by atoms with Crippen molar-refractivity contribution in [1.29, 1.82) is 0 Å². The highest BCUT2D eigenvalue weighted by Crippen LogP contribution is 2.65. The number of carbonyl (C=O) groups is 1. The third-order valence-corrected chi connectivity index (χ3v) is 9.69. The molecule has 3 saturated carbocycles. The Balaban J connectivity index is 1.47. The number of aromatic nitrogens is 1. The van der Waals surface area contributed by atoms with E-state index in [2.05, 4.69) is 37.7 Å². The molecule has 5 heteroatoms. The normalized spacial score (nSPS) is 38.9. The molecule has 5 nitrogen and oxygen atoms in total. The summed E-state index contributed by atoms with van der Waals surface area (Å²) in [7, 11) is 0. The number of aliphatic imine (C=N–C) groups is 1. The molecule has 0 aromatic carbocycles. The number of nitrogens with two attached hydrogens (primary N) is 1. The molecule has 0 spiro atoms. The highest BCUT2D eigenvalue weighted by atomic mass is 16.3. The highest BCUT2D eigenvalue weighted by molar-refractivity contribution is 6.08. The van der Waals surface area contributed by atoms with Crippen molar-refractivity contribution in [2.75, 3.05) is 6.54 Å². The van der Waals surface area contributed by atoms with Crippen LogP contribution in [-0.2, 0) is 4.79 Å². The summed E-state index contributed by atoms with van der Waals surface area (Å²) in [5, 5.41) is 0. The van der Waals surface area contributed by atoms with Crippen molar-refractivity contribution >= 4 is 17.6 Å². The lowest BCUT2D eigenvalue weighted by Crippen LogP contribution is -2.48. The molecular formula is C28H43N3O2. The number of carbonyl (C=O) groups excluding carboxylic acids is 1. The Morgan fingerprint density at radius 1 is 1.30 bits per heavy atom. The molecule has 2 N–H and O–H groups in total. The van der Waals surface area contributed by atoms with E-state index in [1.807, 2.05) is 0 Å². The second-order valence-corrected chi connectivity index (χ2v) is 11.3. The van der Waals surface area contributed by atoms with Gasteiger partial charge in [0.05, 0.1) is 18.3 Å². The Kier molecular flexibility index (Phi) is 7.45. The fraction of sp³-hybridized carbons (Fsp3) is 0.750. The average Bonchev–Trinajstić information content (AvgIpc) is 3.42. The van der Waals surface area contributed by atoms with Gasteiger partial charge in [-0.25, -0.2) is 4.98 Å². The number of rotatable bonds is 8. The smallest absolute Gasteiger partial charge is 0.228 e. The fourth-order valence-electron chi connectivity index (χ4n) is 8.44. The number of hydrogen-bond acceptors (Lipinski definition) is 5. The van der Waals surface area contributed by atoms with E-state index in [1.54, 1.807) is 12.4 Å². The molecular weight excluding hydrogens is 410 g/mol. The van der Waals surface area contributed by atoms with Gasteiger partial charge < -0.3 is 10.2 Å². The molecule has 8 atom stereocenters. The van der Waals surface area contributed by atoms with Gasteiger partial charge in [-0.1, -0.05) is 47.0 Å². The molecule has 1 heterocycles. The van der Waals surface area contributed by atoms with Crippen LogP contribution in [0.5, 0.6) is 0 Å². The summed E-state index contributed by atoms with van der Waals surface area (Å²) in [5.74, 6) is 5.45. The first-order chi connectivity index (χ1) is 15.9. The summed E-state index contributed by atoms with van der Waals surface area (Å²) in [5.41, 5.74) is 6.44. The van der Waals surface area contributed by atoms with E-state index in [9.17, 15) is 4.79 Å². The van der Waals surface area contributed by atoms with Crippen molar-refractivity contribution in [3.8, 4) is 0 Å². The SMILES string of the molecule is CCCC1C(CC)CCC2C1CCC1(C)C2CC(C)C1C(=O)CN=CC(=CN)c1ncco1.